The number of hydrogen-bond donors (Lipinski definition) is 1. The molecule has 0 radical (unpaired) electrons. The van der Waals surface area contributed by atoms with Crippen molar-refractivity contribution in [3.8, 4) is 0 Å². The van der Waals surface area contributed by atoms with E-state index in [2.05, 4.69) is 9.97 Å². The van der Waals surface area contributed by atoms with Crippen LogP contribution < -0.4 is 10.6 Å². The van der Waals surface area contributed by atoms with E-state index in [9.17, 15) is 8.78 Å². The zero-order valence-electron chi connectivity index (χ0n) is 9.44. The summed E-state index contributed by atoms with van der Waals surface area (Å²) in [5, 5.41) is 0. The molecule has 1 aliphatic rings. The van der Waals surface area contributed by atoms with Gasteiger partial charge in [-0.1, -0.05) is 0 Å². The molecule has 17 heavy (non-hydrogen) atoms. The fraction of sp³-hybridized carbons (Fsp3) is 0.600. The Labute approximate surface area is 97.6 Å². The molecule has 1 unspecified atom stereocenters. The predicted molar refractivity (Wildman–Crippen MR) is 59.0 cm³/mol. The summed E-state index contributed by atoms with van der Waals surface area (Å²) in [6.07, 6.45) is 0.652. The molecule has 1 saturated heterocycles. The van der Waals surface area contributed by atoms with Gasteiger partial charge in [0, 0.05) is 19.9 Å². The standard InChI is InChI=1S/C10H14F2N4O/c1-17-7-3-5-16(6-10(7,11)12)9-14-4-2-8(13)15-9/h2,4,7H,3,5-6H2,1H3,(H2,13,14,15). The molecule has 7 heteroatoms. The molecule has 0 amide bonds. The Morgan fingerprint density at radius 3 is 2.94 bits per heavy atom. The van der Waals surface area contributed by atoms with Crippen LogP contribution in [-0.2, 0) is 4.74 Å². The first kappa shape index (κ1) is 12.0. The second-order valence-corrected chi connectivity index (χ2v) is 3.98. The van der Waals surface area contributed by atoms with E-state index < -0.39 is 18.6 Å². The molecule has 5 nitrogen and oxygen atoms in total. The van der Waals surface area contributed by atoms with Crippen molar-refractivity contribution in [2.45, 2.75) is 18.4 Å². The van der Waals surface area contributed by atoms with Gasteiger partial charge in [0.1, 0.15) is 11.9 Å². The van der Waals surface area contributed by atoms with Gasteiger partial charge in [0.05, 0.1) is 6.54 Å². The van der Waals surface area contributed by atoms with Crippen molar-refractivity contribution in [3.63, 3.8) is 0 Å². The smallest absolute Gasteiger partial charge is 0.290 e. The fourth-order valence-corrected chi connectivity index (χ4v) is 1.89. The largest absolute Gasteiger partial charge is 0.384 e. The molecule has 2 rings (SSSR count). The van der Waals surface area contributed by atoms with Gasteiger partial charge < -0.3 is 15.4 Å². The first-order valence-electron chi connectivity index (χ1n) is 5.27. The molecule has 0 aliphatic carbocycles. The number of nitrogen functional groups attached to an aromatic ring is 1. The summed E-state index contributed by atoms with van der Waals surface area (Å²) in [5.41, 5.74) is 5.50. The number of anilines is 2. The normalized spacial score (nSPS) is 23.7. The third kappa shape index (κ3) is 2.44. The molecule has 1 aliphatic heterocycles. The van der Waals surface area contributed by atoms with Crippen LogP contribution in [-0.4, -0.2) is 42.2 Å². The van der Waals surface area contributed by atoms with Crippen molar-refractivity contribution in [3.05, 3.63) is 12.3 Å². The number of alkyl halides is 2. The lowest BCUT2D eigenvalue weighted by molar-refractivity contribution is -0.129. The zero-order valence-corrected chi connectivity index (χ0v) is 9.44. The maximum Gasteiger partial charge on any atom is 0.290 e. The van der Waals surface area contributed by atoms with E-state index in [0.717, 1.165) is 0 Å². The second kappa shape index (κ2) is 4.40. The van der Waals surface area contributed by atoms with Gasteiger partial charge >= 0.3 is 0 Å². The van der Waals surface area contributed by atoms with Crippen LogP contribution in [0.5, 0.6) is 0 Å². The molecule has 1 atom stereocenters. The van der Waals surface area contributed by atoms with Gasteiger partial charge in [-0.2, -0.15) is 4.98 Å². The van der Waals surface area contributed by atoms with Crippen molar-refractivity contribution >= 4 is 11.8 Å². The summed E-state index contributed by atoms with van der Waals surface area (Å²) in [6.45, 7) is -0.0213. The summed E-state index contributed by atoms with van der Waals surface area (Å²) < 4.78 is 32.1. The molecule has 0 spiro atoms. The number of aromatic nitrogens is 2. The van der Waals surface area contributed by atoms with Crippen molar-refractivity contribution in [2.24, 2.45) is 0 Å². The van der Waals surface area contributed by atoms with Gasteiger partial charge in [-0.25, -0.2) is 13.8 Å². The lowest BCUT2D eigenvalue weighted by Gasteiger charge is -2.37. The van der Waals surface area contributed by atoms with Crippen LogP contribution in [0, 0.1) is 0 Å². The Bertz CT molecular complexity index is 402. The van der Waals surface area contributed by atoms with Crippen LogP contribution in [0.25, 0.3) is 0 Å². The maximum absolute atomic E-state index is 13.7. The summed E-state index contributed by atoms with van der Waals surface area (Å²) >= 11 is 0. The number of nitrogens with zero attached hydrogens (tertiary/aromatic N) is 3. The van der Waals surface area contributed by atoms with Gasteiger partial charge in [-0.05, 0) is 12.5 Å². The van der Waals surface area contributed by atoms with Gasteiger partial charge in [0.2, 0.25) is 5.95 Å². The highest BCUT2D eigenvalue weighted by atomic mass is 19.3. The quantitative estimate of drug-likeness (QED) is 0.838. The minimum Gasteiger partial charge on any atom is -0.384 e. The maximum atomic E-state index is 13.7. The van der Waals surface area contributed by atoms with E-state index in [1.807, 2.05) is 0 Å². The van der Waals surface area contributed by atoms with Gasteiger partial charge in [0.25, 0.3) is 5.92 Å². The van der Waals surface area contributed by atoms with Crippen LogP contribution in [0.4, 0.5) is 20.5 Å². The van der Waals surface area contributed by atoms with Crippen molar-refractivity contribution in [2.75, 3.05) is 30.8 Å². The Hall–Kier alpha value is -1.50. The van der Waals surface area contributed by atoms with E-state index in [4.69, 9.17) is 10.5 Å². The van der Waals surface area contributed by atoms with Gasteiger partial charge in [-0.3, -0.25) is 0 Å². The van der Waals surface area contributed by atoms with Gasteiger partial charge in [-0.15, -0.1) is 0 Å². The van der Waals surface area contributed by atoms with E-state index in [1.165, 1.54) is 24.3 Å². The molecule has 1 aromatic rings. The molecule has 2 heterocycles. The molecule has 94 valence electrons. The zero-order chi connectivity index (χ0) is 12.5. The molecular weight excluding hydrogens is 230 g/mol. The number of halogens is 2. The number of nitrogens with two attached hydrogens (primary N) is 1. The fourth-order valence-electron chi connectivity index (χ4n) is 1.89. The minimum absolute atomic E-state index is 0.235. The SMILES string of the molecule is COC1CCN(c2nccc(N)n2)CC1(F)F. The molecular formula is C10H14F2N4O. The first-order valence-corrected chi connectivity index (χ1v) is 5.27. The van der Waals surface area contributed by atoms with E-state index in [0.29, 0.717) is 6.54 Å². The highest BCUT2D eigenvalue weighted by Crippen LogP contribution is 2.30. The molecule has 0 aromatic carbocycles. The number of rotatable bonds is 2. The lowest BCUT2D eigenvalue weighted by Crippen LogP contribution is -2.52. The van der Waals surface area contributed by atoms with Crippen LogP contribution in [0.1, 0.15) is 6.42 Å². The summed E-state index contributed by atoms with van der Waals surface area (Å²) in [7, 11) is 1.30. The first-order chi connectivity index (χ1) is 8.03. The van der Waals surface area contributed by atoms with E-state index in [-0.39, 0.29) is 18.2 Å². The van der Waals surface area contributed by atoms with Crippen LogP contribution in [0.2, 0.25) is 0 Å². The average Bonchev–Trinajstić information content (AvgIpc) is 2.27. The van der Waals surface area contributed by atoms with E-state index >= 15 is 0 Å². The predicted octanol–water partition coefficient (Wildman–Crippen LogP) is 0.919. The Morgan fingerprint density at radius 1 is 1.59 bits per heavy atom. The lowest BCUT2D eigenvalue weighted by atomic mass is 10.0. The minimum atomic E-state index is -2.90. The third-order valence-corrected chi connectivity index (χ3v) is 2.77. The van der Waals surface area contributed by atoms with E-state index in [1.54, 1.807) is 0 Å². The second-order valence-electron chi connectivity index (χ2n) is 3.98. The summed E-state index contributed by atoms with van der Waals surface area (Å²) in [4.78, 5) is 9.29. The Balaban J connectivity index is 2.15. The number of ether oxygens (including phenoxy) is 1. The average molecular weight is 244 g/mol. The van der Waals surface area contributed by atoms with Crippen LogP contribution >= 0.6 is 0 Å². The third-order valence-electron chi connectivity index (χ3n) is 2.77. The molecule has 0 bridgehead atoms. The van der Waals surface area contributed by atoms with Crippen molar-refractivity contribution < 1.29 is 13.5 Å². The highest BCUT2D eigenvalue weighted by Gasteiger charge is 2.45. The van der Waals surface area contributed by atoms with Crippen LogP contribution in [0.3, 0.4) is 0 Å². The number of hydrogen-bond acceptors (Lipinski definition) is 5. The molecule has 1 fully saturated rings. The highest BCUT2D eigenvalue weighted by molar-refractivity contribution is 5.38. The number of methoxy groups -OCH3 is 1. The monoisotopic (exact) mass is 244 g/mol. The van der Waals surface area contributed by atoms with Crippen molar-refractivity contribution in [1.29, 1.82) is 0 Å². The summed E-state index contributed by atoms with van der Waals surface area (Å²) in [6, 6.07) is 1.52. The molecule has 2 N–H and O–H groups in total. The molecule has 1 aromatic heterocycles. The van der Waals surface area contributed by atoms with Crippen molar-refractivity contribution in [1.82, 2.24) is 9.97 Å². The molecule has 0 saturated carbocycles. The Kier molecular flexibility index (Phi) is 3.10. The Morgan fingerprint density at radius 2 is 2.35 bits per heavy atom. The summed E-state index contributed by atoms with van der Waals surface area (Å²) in [5.74, 6) is -2.40. The number of piperidine rings is 1. The van der Waals surface area contributed by atoms with Gasteiger partial charge in [0.15, 0.2) is 0 Å². The van der Waals surface area contributed by atoms with Crippen LogP contribution in [0.15, 0.2) is 12.3 Å². The topological polar surface area (TPSA) is 64.3 Å².